The molecule has 0 aromatic heterocycles. The van der Waals surface area contributed by atoms with E-state index in [9.17, 15) is 4.79 Å². The fourth-order valence-corrected chi connectivity index (χ4v) is 2.15. The van der Waals surface area contributed by atoms with Gasteiger partial charge < -0.3 is 9.64 Å². The SMILES string of the molecule is CC(C)(C)OC(=O)N1CCC(CC=C(Br)Br)C1. The summed E-state index contributed by atoms with van der Waals surface area (Å²) >= 11 is 6.68. The van der Waals surface area contributed by atoms with Crippen molar-refractivity contribution in [1.82, 2.24) is 4.90 Å². The zero-order valence-electron chi connectivity index (χ0n) is 10.5. The molecule has 0 N–H and O–H groups in total. The van der Waals surface area contributed by atoms with Crippen LogP contribution in [0.3, 0.4) is 0 Å². The predicted octanol–water partition coefficient (Wildman–Crippen LogP) is 4.26. The van der Waals surface area contributed by atoms with Crippen molar-refractivity contribution in [1.29, 1.82) is 0 Å². The Hall–Kier alpha value is -0.0300. The Bertz CT molecular complexity index is 306. The Morgan fingerprint density at radius 2 is 2.12 bits per heavy atom. The smallest absolute Gasteiger partial charge is 0.410 e. The van der Waals surface area contributed by atoms with Crippen molar-refractivity contribution < 1.29 is 9.53 Å². The van der Waals surface area contributed by atoms with Crippen molar-refractivity contribution in [3.8, 4) is 0 Å². The zero-order valence-corrected chi connectivity index (χ0v) is 13.7. The maximum atomic E-state index is 11.8. The normalized spacial score (nSPS) is 20.3. The molecule has 1 fully saturated rings. The fourth-order valence-electron chi connectivity index (χ4n) is 1.77. The number of halogens is 2. The van der Waals surface area contributed by atoms with Gasteiger partial charge in [0.1, 0.15) is 5.60 Å². The highest BCUT2D eigenvalue weighted by Crippen LogP contribution is 2.24. The van der Waals surface area contributed by atoms with E-state index in [1.165, 1.54) is 0 Å². The molecule has 1 heterocycles. The number of carbonyl (C=O) groups excluding carboxylic acids is 1. The van der Waals surface area contributed by atoms with E-state index in [1.807, 2.05) is 20.8 Å². The van der Waals surface area contributed by atoms with E-state index in [0.717, 1.165) is 29.3 Å². The number of hydrogen-bond donors (Lipinski definition) is 0. The molecule has 0 aromatic rings. The molecule has 1 unspecified atom stereocenters. The Kier molecular flexibility index (Phi) is 5.51. The van der Waals surface area contributed by atoms with Gasteiger partial charge in [0.15, 0.2) is 0 Å². The highest BCUT2D eigenvalue weighted by Gasteiger charge is 2.29. The number of ether oxygens (including phenoxy) is 1. The molecule has 5 heteroatoms. The standard InChI is InChI=1S/C12H19Br2NO2/c1-12(2,3)17-11(16)15-7-6-9(8-15)4-5-10(13)14/h5,9H,4,6-8H2,1-3H3. The highest BCUT2D eigenvalue weighted by atomic mass is 79.9. The largest absolute Gasteiger partial charge is 0.444 e. The zero-order chi connectivity index (χ0) is 13.1. The molecule has 0 bridgehead atoms. The number of allylic oxidation sites excluding steroid dienone is 1. The van der Waals surface area contributed by atoms with Crippen LogP contribution in [0.5, 0.6) is 0 Å². The number of carbonyl (C=O) groups is 1. The molecular weight excluding hydrogens is 350 g/mol. The topological polar surface area (TPSA) is 29.5 Å². The lowest BCUT2D eigenvalue weighted by Crippen LogP contribution is -2.35. The molecule has 1 atom stereocenters. The average Bonchev–Trinajstić information content (AvgIpc) is 2.60. The summed E-state index contributed by atoms with van der Waals surface area (Å²) in [6.07, 6.45) is 3.92. The van der Waals surface area contributed by atoms with E-state index in [2.05, 4.69) is 37.9 Å². The minimum absolute atomic E-state index is 0.193. The second-order valence-corrected chi connectivity index (χ2v) is 8.08. The van der Waals surface area contributed by atoms with Gasteiger partial charge in [-0.15, -0.1) is 0 Å². The molecule has 0 aromatic carbocycles. The number of hydrogen-bond acceptors (Lipinski definition) is 2. The minimum Gasteiger partial charge on any atom is -0.444 e. The van der Waals surface area contributed by atoms with Crippen molar-refractivity contribution in [2.45, 2.75) is 39.2 Å². The number of rotatable bonds is 2. The quantitative estimate of drug-likeness (QED) is 0.728. The van der Waals surface area contributed by atoms with Crippen molar-refractivity contribution in [3.05, 3.63) is 9.47 Å². The summed E-state index contributed by atoms with van der Waals surface area (Å²) in [5.74, 6) is 0.535. The van der Waals surface area contributed by atoms with Crippen molar-refractivity contribution >= 4 is 38.0 Å². The third-order valence-corrected chi connectivity index (χ3v) is 3.19. The van der Waals surface area contributed by atoms with Crippen LogP contribution in [0.15, 0.2) is 9.47 Å². The van der Waals surface area contributed by atoms with Gasteiger partial charge in [-0.1, -0.05) is 6.08 Å². The number of likely N-dealkylation sites (tertiary alicyclic amines) is 1. The molecule has 17 heavy (non-hydrogen) atoms. The molecule has 0 spiro atoms. The summed E-state index contributed by atoms with van der Waals surface area (Å²) in [7, 11) is 0. The molecule has 98 valence electrons. The lowest BCUT2D eigenvalue weighted by molar-refractivity contribution is 0.0288. The van der Waals surface area contributed by atoms with E-state index in [4.69, 9.17) is 4.74 Å². The van der Waals surface area contributed by atoms with Gasteiger partial charge in [-0.3, -0.25) is 0 Å². The summed E-state index contributed by atoms with van der Waals surface area (Å²) in [5.41, 5.74) is -0.409. The van der Waals surface area contributed by atoms with Crippen LogP contribution in [0.4, 0.5) is 4.79 Å². The number of amides is 1. The summed E-state index contributed by atoms with van der Waals surface area (Å²) in [4.78, 5) is 13.6. The maximum absolute atomic E-state index is 11.8. The Morgan fingerprint density at radius 3 is 2.65 bits per heavy atom. The van der Waals surface area contributed by atoms with Gasteiger partial charge in [0, 0.05) is 13.1 Å². The first-order valence-electron chi connectivity index (χ1n) is 5.77. The van der Waals surface area contributed by atoms with Crippen molar-refractivity contribution in [3.63, 3.8) is 0 Å². The third kappa shape index (κ3) is 5.91. The van der Waals surface area contributed by atoms with Crippen LogP contribution in [-0.2, 0) is 4.74 Å². The van der Waals surface area contributed by atoms with Crippen LogP contribution >= 0.6 is 31.9 Å². The Balaban J connectivity index is 2.40. The lowest BCUT2D eigenvalue weighted by atomic mass is 10.1. The monoisotopic (exact) mass is 367 g/mol. The van der Waals surface area contributed by atoms with Gasteiger partial charge in [-0.05, 0) is 71.4 Å². The van der Waals surface area contributed by atoms with E-state index >= 15 is 0 Å². The summed E-state index contributed by atoms with van der Waals surface area (Å²) in [6, 6.07) is 0. The fraction of sp³-hybridized carbons (Fsp3) is 0.750. The molecule has 0 saturated carbocycles. The average molecular weight is 369 g/mol. The lowest BCUT2D eigenvalue weighted by Gasteiger charge is -2.24. The molecule has 1 rings (SSSR count). The molecule has 1 amide bonds. The van der Waals surface area contributed by atoms with Crippen LogP contribution in [0, 0.1) is 5.92 Å². The first-order chi connectivity index (χ1) is 7.78. The molecular formula is C12H19Br2NO2. The second kappa shape index (κ2) is 6.23. The van der Waals surface area contributed by atoms with E-state index in [1.54, 1.807) is 4.90 Å². The predicted molar refractivity (Wildman–Crippen MR) is 76.5 cm³/mol. The summed E-state index contributed by atoms with van der Waals surface area (Å²) in [5, 5.41) is 0. The molecule has 0 aliphatic carbocycles. The van der Waals surface area contributed by atoms with Gasteiger partial charge in [0.05, 0.1) is 3.39 Å². The summed E-state index contributed by atoms with van der Waals surface area (Å²) < 4.78 is 6.32. The van der Waals surface area contributed by atoms with Crippen LogP contribution in [0.25, 0.3) is 0 Å². The van der Waals surface area contributed by atoms with Gasteiger partial charge in [0.25, 0.3) is 0 Å². The van der Waals surface area contributed by atoms with Crippen LogP contribution < -0.4 is 0 Å². The molecule has 0 radical (unpaired) electrons. The van der Waals surface area contributed by atoms with E-state index < -0.39 is 5.60 Å². The Morgan fingerprint density at radius 1 is 1.47 bits per heavy atom. The van der Waals surface area contributed by atoms with Gasteiger partial charge in [-0.2, -0.15) is 0 Å². The van der Waals surface area contributed by atoms with Gasteiger partial charge >= 0.3 is 6.09 Å². The number of nitrogens with zero attached hydrogens (tertiary/aromatic N) is 1. The second-order valence-electron chi connectivity index (χ2n) is 5.31. The first kappa shape index (κ1) is 15.0. The first-order valence-corrected chi connectivity index (χ1v) is 7.35. The third-order valence-electron chi connectivity index (χ3n) is 2.54. The van der Waals surface area contributed by atoms with Gasteiger partial charge in [0.2, 0.25) is 0 Å². The van der Waals surface area contributed by atoms with Crippen LogP contribution in [-0.4, -0.2) is 29.7 Å². The van der Waals surface area contributed by atoms with Crippen LogP contribution in [0.1, 0.15) is 33.6 Å². The van der Waals surface area contributed by atoms with E-state index in [-0.39, 0.29) is 6.09 Å². The minimum atomic E-state index is -0.409. The van der Waals surface area contributed by atoms with Gasteiger partial charge in [-0.25, -0.2) is 4.79 Å². The molecule has 3 nitrogen and oxygen atoms in total. The Labute approximate surface area is 120 Å². The maximum Gasteiger partial charge on any atom is 0.410 e. The molecule has 1 saturated heterocycles. The summed E-state index contributed by atoms with van der Waals surface area (Å²) in [6.45, 7) is 7.27. The molecule has 1 aliphatic heterocycles. The highest BCUT2D eigenvalue weighted by molar-refractivity contribution is 9.28. The molecule has 1 aliphatic rings. The van der Waals surface area contributed by atoms with E-state index in [0.29, 0.717) is 5.92 Å². The van der Waals surface area contributed by atoms with Crippen molar-refractivity contribution in [2.75, 3.05) is 13.1 Å². The van der Waals surface area contributed by atoms with Crippen LogP contribution in [0.2, 0.25) is 0 Å². The van der Waals surface area contributed by atoms with Crippen molar-refractivity contribution in [2.24, 2.45) is 5.92 Å².